The van der Waals surface area contributed by atoms with Crippen molar-refractivity contribution < 1.29 is 9.13 Å². The lowest BCUT2D eigenvalue weighted by molar-refractivity contribution is 0.404. The quantitative estimate of drug-likeness (QED) is 0.845. The summed E-state index contributed by atoms with van der Waals surface area (Å²) in [6, 6.07) is 14.3. The van der Waals surface area contributed by atoms with Crippen LogP contribution in [0.2, 0.25) is 0 Å². The van der Waals surface area contributed by atoms with Gasteiger partial charge in [-0.1, -0.05) is 24.3 Å². The molecule has 2 aromatic rings. The minimum Gasteiger partial charge on any atom is -0.496 e. The number of rotatable bonds is 5. The van der Waals surface area contributed by atoms with Crippen molar-refractivity contribution in [2.75, 3.05) is 7.11 Å². The third-order valence-electron chi connectivity index (χ3n) is 2.98. The predicted octanol–water partition coefficient (Wildman–Crippen LogP) is 4.01. The number of ether oxygens (including phenoxy) is 1. The molecule has 106 valence electrons. The summed E-state index contributed by atoms with van der Waals surface area (Å²) < 4.78 is 18.8. The van der Waals surface area contributed by atoms with Crippen molar-refractivity contribution in [2.45, 2.75) is 23.1 Å². The molecule has 0 fully saturated rings. The van der Waals surface area contributed by atoms with Crippen LogP contribution in [0, 0.1) is 5.82 Å². The van der Waals surface area contributed by atoms with Crippen LogP contribution < -0.4 is 10.5 Å². The molecule has 0 aromatic heterocycles. The molecule has 2 nitrogen and oxygen atoms in total. The Kier molecular flexibility index (Phi) is 5.04. The van der Waals surface area contributed by atoms with Crippen molar-refractivity contribution >= 4 is 11.8 Å². The number of halogens is 1. The van der Waals surface area contributed by atoms with Crippen LogP contribution in [-0.2, 0) is 0 Å². The van der Waals surface area contributed by atoms with Crippen molar-refractivity contribution in [2.24, 2.45) is 5.73 Å². The van der Waals surface area contributed by atoms with E-state index in [0.29, 0.717) is 0 Å². The first-order valence-corrected chi connectivity index (χ1v) is 7.30. The van der Waals surface area contributed by atoms with Crippen molar-refractivity contribution in [3.05, 3.63) is 59.9 Å². The maximum atomic E-state index is 13.4. The van der Waals surface area contributed by atoms with E-state index in [0.717, 1.165) is 16.2 Å². The summed E-state index contributed by atoms with van der Waals surface area (Å²) in [7, 11) is 1.64. The van der Waals surface area contributed by atoms with Crippen LogP contribution in [0.1, 0.15) is 17.7 Å². The van der Waals surface area contributed by atoms with E-state index in [1.807, 2.05) is 37.3 Å². The van der Waals surface area contributed by atoms with E-state index in [2.05, 4.69) is 0 Å². The first-order valence-electron chi connectivity index (χ1n) is 6.42. The third kappa shape index (κ3) is 3.52. The second-order valence-electron chi connectivity index (χ2n) is 4.60. The molecule has 0 amide bonds. The number of methoxy groups -OCH3 is 1. The van der Waals surface area contributed by atoms with Gasteiger partial charge in [0.1, 0.15) is 11.6 Å². The smallest absolute Gasteiger partial charge is 0.132 e. The first-order chi connectivity index (χ1) is 9.61. The lowest BCUT2D eigenvalue weighted by Gasteiger charge is -2.22. The zero-order valence-electron chi connectivity index (χ0n) is 11.5. The number of thioether (sulfide) groups is 1. The number of hydrogen-bond acceptors (Lipinski definition) is 3. The average Bonchev–Trinajstić information content (AvgIpc) is 2.44. The topological polar surface area (TPSA) is 35.2 Å². The Labute approximate surface area is 123 Å². The Morgan fingerprint density at radius 2 is 1.90 bits per heavy atom. The normalized spacial score (nSPS) is 13.8. The Morgan fingerprint density at radius 3 is 2.55 bits per heavy atom. The summed E-state index contributed by atoms with van der Waals surface area (Å²) in [5.74, 6) is 0.563. The first kappa shape index (κ1) is 14.9. The van der Waals surface area contributed by atoms with Gasteiger partial charge in [-0.25, -0.2) is 4.39 Å². The Bertz CT molecular complexity index is 574. The number of para-hydroxylation sites is 1. The van der Waals surface area contributed by atoms with E-state index < -0.39 is 0 Å². The van der Waals surface area contributed by atoms with E-state index >= 15 is 0 Å². The van der Waals surface area contributed by atoms with E-state index in [4.69, 9.17) is 10.5 Å². The fraction of sp³-hybridized carbons (Fsp3) is 0.250. The Hall–Kier alpha value is -1.52. The van der Waals surface area contributed by atoms with Gasteiger partial charge in [-0.3, -0.25) is 0 Å². The van der Waals surface area contributed by atoms with Gasteiger partial charge >= 0.3 is 0 Å². The molecule has 2 N–H and O–H groups in total. The molecule has 2 aromatic carbocycles. The zero-order valence-corrected chi connectivity index (χ0v) is 12.4. The van der Waals surface area contributed by atoms with E-state index in [-0.39, 0.29) is 17.1 Å². The van der Waals surface area contributed by atoms with Crippen LogP contribution in [0.25, 0.3) is 0 Å². The van der Waals surface area contributed by atoms with E-state index in [1.165, 1.54) is 12.1 Å². The molecule has 0 spiro atoms. The molecule has 0 heterocycles. The second kappa shape index (κ2) is 6.77. The van der Waals surface area contributed by atoms with Crippen LogP contribution in [0.5, 0.6) is 5.75 Å². The summed E-state index contributed by atoms with van der Waals surface area (Å²) in [5, 5.41) is -0.0259. The standard InChI is InChI=1S/C16H18FNOS/c1-11(18)16(12-6-5-7-13(17)10-12)20-15-9-4-3-8-14(15)19-2/h3-11,16H,18H2,1-2H3. The van der Waals surface area contributed by atoms with E-state index in [9.17, 15) is 4.39 Å². The maximum Gasteiger partial charge on any atom is 0.132 e. The van der Waals surface area contributed by atoms with Crippen LogP contribution in [0.3, 0.4) is 0 Å². The minimum atomic E-state index is -0.242. The molecule has 2 atom stereocenters. The molecule has 0 aliphatic heterocycles. The highest BCUT2D eigenvalue weighted by Gasteiger charge is 2.19. The summed E-state index contributed by atoms with van der Waals surface area (Å²) in [6.45, 7) is 1.93. The molecular weight excluding hydrogens is 273 g/mol. The summed E-state index contributed by atoms with van der Waals surface area (Å²) in [5.41, 5.74) is 6.96. The van der Waals surface area contributed by atoms with Gasteiger partial charge in [0.25, 0.3) is 0 Å². The molecule has 20 heavy (non-hydrogen) atoms. The fourth-order valence-corrected chi connectivity index (χ4v) is 3.21. The van der Waals surface area contributed by atoms with Gasteiger partial charge in [0.2, 0.25) is 0 Å². The number of nitrogens with two attached hydrogens (primary N) is 1. The molecule has 0 bridgehead atoms. The summed E-state index contributed by atoms with van der Waals surface area (Å²) in [4.78, 5) is 1.00. The zero-order chi connectivity index (χ0) is 14.5. The van der Waals surface area contributed by atoms with Crippen LogP contribution in [-0.4, -0.2) is 13.2 Å². The van der Waals surface area contributed by atoms with Gasteiger partial charge in [-0.05, 0) is 36.8 Å². The van der Waals surface area contributed by atoms with Gasteiger partial charge in [0.15, 0.2) is 0 Å². The Morgan fingerprint density at radius 1 is 1.15 bits per heavy atom. The lowest BCUT2D eigenvalue weighted by atomic mass is 10.1. The second-order valence-corrected chi connectivity index (χ2v) is 5.79. The summed E-state index contributed by atoms with van der Waals surface area (Å²) >= 11 is 1.59. The monoisotopic (exact) mass is 291 g/mol. The maximum absolute atomic E-state index is 13.4. The van der Waals surface area contributed by atoms with Crippen molar-refractivity contribution in [1.29, 1.82) is 0 Å². The molecule has 0 aliphatic rings. The highest BCUT2D eigenvalue weighted by atomic mass is 32.2. The van der Waals surface area contributed by atoms with Gasteiger partial charge in [-0.15, -0.1) is 11.8 Å². The van der Waals surface area contributed by atoms with Gasteiger partial charge in [0, 0.05) is 16.2 Å². The predicted molar refractivity (Wildman–Crippen MR) is 81.6 cm³/mol. The molecule has 0 saturated heterocycles. The van der Waals surface area contributed by atoms with Gasteiger partial charge < -0.3 is 10.5 Å². The number of hydrogen-bond donors (Lipinski definition) is 1. The third-order valence-corrected chi connectivity index (χ3v) is 4.52. The van der Waals surface area contributed by atoms with Crippen molar-refractivity contribution in [3.63, 3.8) is 0 Å². The van der Waals surface area contributed by atoms with Crippen molar-refractivity contribution in [3.8, 4) is 5.75 Å². The highest BCUT2D eigenvalue weighted by molar-refractivity contribution is 7.99. The highest BCUT2D eigenvalue weighted by Crippen LogP contribution is 2.41. The molecular formula is C16H18FNOS. The van der Waals surface area contributed by atoms with Gasteiger partial charge in [0.05, 0.1) is 7.11 Å². The number of benzene rings is 2. The molecule has 0 saturated carbocycles. The fourth-order valence-electron chi connectivity index (χ4n) is 2.02. The average molecular weight is 291 g/mol. The molecule has 2 unspecified atom stereocenters. The van der Waals surface area contributed by atoms with Crippen LogP contribution in [0.4, 0.5) is 4.39 Å². The Balaban J connectivity index is 2.31. The molecule has 0 radical (unpaired) electrons. The minimum absolute atomic E-state index is 0.0259. The molecule has 4 heteroatoms. The summed E-state index contributed by atoms with van der Waals surface area (Å²) in [6.07, 6.45) is 0. The van der Waals surface area contributed by atoms with Crippen molar-refractivity contribution in [1.82, 2.24) is 0 Å². The van der Waals surface area contributed by atoms with Crippen LogP contribution >= 0.6 is 11.8 Å². The van der Waals surface area contributed by atoms with E-state index in [1.54, 1.807) is 24.9 Å². The SMILES string of the molecule is COc1ccccc1SC(c1cccc(F)c1)C(C)N. The van der Waals surface area contributed by atoms with Gasteiger partial charge in [-0.2, -0.15) is 0 Å². The van der Waals surface area contributed by atoms with Crippen LogP contribution in [0.15, 0.2) is 53.4 Å². The molecule has 2 rings (SSSR count). The largest absolute Gasteiger partial charge is 0.496 e. The molecule has 0 aliphatic carbocycles. The lowest BCUT2D eigenvalue weighted by Crippen LogP contribution is -2.22.